The molecule has 0 aliphatic carbocycles. The lowest BCUT2D eigenvalue weighted by Gasteiger charge is -2.35. The quantitative estimate of drug-likeness (QED) is 0.897. The minimum atomic E-state index is -0.861. The van der Waals surface area contributed by atoms with Gasteiger partial charge in [0.25, 0.3) is 5.91 Å². The van der Waals surface area contributed by atoms with Crippen LogP contribution in [0.15, 0.2) is 18.2 Å². The number of nitrogens with two attached hydrogens (primary N) is 1. The predicted molar refractivity (Wildman–Crippen MR) is 75.0 cm³/mol. The van der Waals surface area contributed by atoms with Crippen LogP contribution < -0.4 is 10.5 Å². The van der Waals surface area contributed by atoms with E-state index in [4.69, 9.17) is 10.5 Å². The van der Waals surface area contributed by atoms with Crippen molar-refractivity contribution >= 4 is 11.8 Å². The molecule has 0 saturated carbocycles. The number of hydrogen-bond donors (Lipinski definition) is 1. The molecular formula is C15H18F2N2O3. The predicted octanol–water partition coefficient (Wildman–Crippen LogP) is 1.60. The van der Waals surface area contributed by atoms with Crippen molar-refractivity contribution < 1.29 is 23.1 Å². The number of nitrogens with zero attached hydrogens (tertiary/aromatic N) is 1. The standard InChI is InChI=1S/C15H18F2N2O3/c16-10-4-5-13(12(17)7-10)22-9-15(21)19-6-2-1-3-11(19)8-14(18)20/h4-5,7,11H,1-3,6,8-9H2,(H2,18,20). The Bertz CT molecular complexity index is 566. The molecule has 1 aromatic rings. The molecule has 0 aromatic heterocycles. The first-order chi connectivity index (χ1) is 10.5. The molecule has 22 heavy (non-hydrogen) atoms. The Morgan fingerprint density at radius 3 is 2.77 bits per heavy atom. The topological polar surface area (TPSA) is 72.6 Å². The summed E-state index contributed by atoms with van der Waals surface area (Å²) in [6, 6.07) is 2.64. The second kappa shape index (κ2) is 7.20. The second-order valence-electron chi connectivity index (χ2n) is 5.27. The minimum Gasteiger partial charge on any atom is -0.481 e. The molecule has 1 aliphatic heterocycles. The summed E-state index contributed by atoms with van der Waals surface area (Å²) < 4.78 is 31.3. The van der Waals surface area contributed by atoms with Crippen LogP contribution in [0.1, 0.15) is 25.7 Å². The molecule has 5 nitrogen and oxygen atoms in total. The van der Waals surface area contributed by atoms with E-state index in [0.29, 0.717) is 19.0 Å². The van der Waals surface area contributed by atoms with Gasteiger partial charge in [0.1, 0.15) is 5.82 Å². The number of carbonyl (C=O) groups excluding carboxylic acids is 2. The van der Waals surface area contributed by atoms with Gasteiger partial charge < -0.3 is 15.4 Å². The van der Waals surface area contributed by atoms with E-state index in [0.717, 1.165) is 25.0 Å². The molecule has 2 rings (SSSR count). The highest BCUT2D eigenvalue weighted by Crippen LogP contribution is 2.21. The number of amides is 2. The number of piperidine rings is 1. The molecule has 0 radical (unpaired) electrons. The summed E-state index contributed by atoms with van der Waals surface area (Å²) in [6.45, 7) is 0.157. The van der Waals surface area contributed by atoms with Gasteiger partial charge in [0.15, 0.2) is 18.2 Å². The first-order valence-electron chi connectivity index (χ1n) is 7.13. The first-order valence-corrected chi connectivity index (χ1v) is 7.13. The van der Waals surface area contributed by atoms with Gasteiger partial charge in [-0.3, -0.25) is 9.59 Å². The normalized spacial score (nSPS) is 18.1. The summed E-state index contributed by atoms with van der Waals surface area (Å²) in [6.07, 6.45) is 2.58. The van der Waals surface area contributed by atoms with Crippen LogP contribution in [-0.4, -0.2) is 35.9 Å². The Morgan fingerprint density at radius 1 is 1.32 bits per heavy atom. The lowest BCUT2D eigenvalue weighted by molar-refractivity contribution is -0.138. The summed E-state index contributed by atoms with van der Waals surface area (Å²) in [5.74, 6) is -2.56. The Kier molecular flexibility index (Phi) is 5.30. The van der Waals surface area contributed by atoms with Crippen molar-refractivity contribution in [1.29, 1.82) is 0 Å². The Hall–Kier alpha value is -2.18. The molecule has 1 aliphatic rings. The molecule has 1 aromatic carbocycles. The van der Waals surface area contributed by atoms with Gasteiger partial charge in [0.2, 0.25) is 5.91 Å². The highest BCUT2D eigenvalue weighted by Gasteiger charge is 2.28. The van der Waals surface area contributed by atoms with Gasteiger partial charge in [-0.1, -0.05) is 0 Å². The number of primary amides is 1. The molecule has 2 amide bonds. The molecule has 7 heteroatoms. The van der Waals surface area contributed by atoms with Gasteiger partial charge >= 0.3 is 0 Å². The van der Waals surface area contributed by atoms with E-state index in [2.05, 4.69) is 0 Å². The number of likely N-dealkylation sites (tertiary alicyclic amines) is 1. The van der Waals surface area contributed by atoms with E-state index in [9.17, 15) is 18.4 Å². The van der Waals surface area contributed by atoms with Gasteiger partial charge in [-0.2, -0.15) is 0 Å². The van der Waals surface area contributed by atoms with Gasteiger partial charge in [-0.15, -0.1) is 0 Å². The molecule has 0 bridgehead atoms. The molecular weight excluding hydrogens is 294 g/mol. The van der Waals surface area contributed by atoms with Crippen molar-refractivity contribution in [3.8, 4) is 5.75 Å². The zero-order valence-electron chi connectivity index (χ0n) is 12.1. The van der Waals surface area contributed by atoms with Crippen LogP contribution in [0.5, 0.6) is 5.75 Å². The van der Waals surface area contributed by atoms with Crippen LogP contribution in [0.4, 0.5) is 8.78 Å². The smallest absolute Gasteiger partial charge is 0.260 e. The van der Waals surface area contributed by atoms with E-state index < -0.39 is 17.5 Å². The lowest BCUT2D eigenvalue weighted by atomic mass is 9.99. The van der Waals surface area contributed by atoms with Crippen LogP contribution in [0.2, 0.25) is 0 Å². The summed E-state index contributed by atoms with van der Waals surface area (Å²) in [7, 11) is 0. The van der Waals surface area contributed by atoms with Crippen LogP contribution >= 0.6 is 0 Å². The maximum atomic E-state index is 13.4. The minimum absolute atomic E-state index is 0.108. The molecule has 120 valence electrons. The molecule has 2 N–H and O–H groups in total. The van der Waals surface area contributed by atoms with Crippen LogP contribution in [-0.2, 0) is 9.59 Å². The van der Waals surface area contributed by atoms with Crippen molar-refractivity contribution in [2.24, 2.45) is 5.73 Å². The van der Waals surface area contributed by atoms with Crippen LogP contribution in [0.3, 0.4) is 0 Å². The molecule has 1 atom stereocenters. The van der Waals surface area contributed by atoms with Crippen molar-refractivity contribution in [2.45, 2.75) is 31.7 Å². The fourth-order valence-electron chi connectivity index (χ4n) is 2.59. The van der Waals surface area contributed by atoms with E-state index in [1.807, 2.05) is 0 Å². The number of ether oxygens (including phenoxy) is 1. The highest BCUT2D eigenvalue weighted by molar-refractivity contribution is 5.80. The molecule has 1 saturated heterocycles. The van der Waals surface area contributed by atoms with Crippen molar-refractivity contribution in [1.82, 2.24) is 4.90 Å². The van der Waals surface area contributed by atoms with Gasteiger partial charge in [0, 0.05) is 25.1 Å². The summed E-state index contributed by atoms with van der Waals surface area (Å²) in [5, 5.41) is 0. The molecule has 1 unspecified atom stereocenters. The van der Waals surface area contributed by atoms with E-state index in [1.165, 1.54) is 0 Å². The lowest BCUT2D eigenvalue weighted by Crippen LogP contribution is -2.47. The Labute approximate surface area is 127 Å². The van der Waals surface area contributed by atoms with Crippen molar-refractivity contribution in [3.05, 3.63) is 29.8 Å². The number of hydrogen-bond acceptors (Lipinski definition) is 3. The van der Waals surface area contributed by atoms with E-state index >= 15 is 0 Å². The van der Waals surface area contributed by atoms with Crippen LogP contribution in [0, 0.1) is 11.6 Å². The van der Waals surface area contributed by atoms with Gasteiger partial charge in [-0.05, 0) is 31.4 Å². The monoisotopic (exact) mass is 312 g/mol. The second-order valence-corrected chi connectivity index (χ2v) is 5.27. The summed E-state index contributed by atoms with van der Waals surface area (Å²) in [5.41, 5.74) is 5.19. The third kappa shape index (κ3) is 4.16. The zero-order valence-corrected chi connectivity index (χ0v) is 12.1. The third-order valence-electron chi connectivity index (χ3n) is 3.63. The maximum Gasteiger partial charge on any atom is 0.260 e. The average molecular weight is 312 g/mol. The fourth-order valence-corrected chi connectivity index (χ4v) is 2.59. The molecule has 1 fully saturated rings. The SMILES string of the molecule is NC(=O)CC1CCCCN1C(=O)COc1ccc(F)cc1F. The summed E-state index contributed by atoms with van der Waals surface area (Å²) >= 11 is 0. The van der Waals surface area contributed by atoms with E-state index in [1.54, 1.807) is 4.90 Å². The Balaban J connectivity index is 1.96. The largest absolute Gasteiger partial charge is 0.481 e. The average Bonchev–Trinajstić information content (AvgIpc) is 2.46. The van der Waals surface area contributed by atoms with Gasteiger partial charge in [-0.25, -0.2) is 8.78 Å². The molecule has 1 heterocycles. The number of carbonyl (C=O) groups is 2. The highest BCUT2D eigenvalue weighted by atomic mass is 19.1. The number of benzene rings is 1. The van der Waals surface area contributed by atoms with Gasteiger partial charge in [0.05, 0.1) is 0 Å². The van der Waals surface area contributed by atoms with E-state index in [-0.39, 0.29) is 30.7 Å². The van der Waals surface area contributed by atoms with Crippen molar-refractivity contribution in [3.63, 3.8) is 0 Å². The summed E-state index contributed by atoms with van der Waals surface area (Å²) in [4.78, 5) is 24.8. The number of rotatable bonds is 5. The third-order valence-corrected chi connectivity index (χ3v) is 3.63. The molecule has 0 spiro atoms. The van der Waals surface area contributed by atoms with Crippen LogP contribution in [0.25, 0.3) is 0 Å². The zero-order chi connectivity index (χ0) is 16.1. The first kappa shape index (κ1) is 16.2. The van der Waals surface area contributed by atoms with Crippen molar-refractivity contribution in [2.75, 3.05) is 13.2 Å². The fraction of sp³-hybridized carbons (Fsp3) is 0.467. The maximum absolute atomic E-state index is 13.4. The number of halogens is 2. The Morgan fingerprint density at radius 2 is 2.09 bits per heavy atom.